The van der Waals surface area contributed by atoms with Gasteiger partial charge in [-0.25, -0.2) is 8.42 Å². The first-order valence-corrected chi connectivity index (χ1v) is 12.1. The van der Waals surface area contributed by atoms with Crippen LogP contribution >= 0.6 is 11.6 Å². The number of nitrogens with zero attached hydrogens (tertiary/aromatic N) is 2. The second-order valence-electron chi connectivity index (χ2n) is 7.42. The number of nitrogens with one attached hydrogen (secondary N) is 1. The summed E-state index contributed by atoms with van der Waals surface area (Å²) in [7, 11) is -2.45. The minimum atomic E-state index is -3.97. The molecule has 0 aromatic heterocycles. The Labute approximate surface area is 189 Å². The monoisotopic (exact) mass is 465 g/mol. The summed E-state index contributed by atoms with van der Waals surface area (Å²) >= 11 is 5.96. The Hall–Kier alpha value is -2.29. The van der Waals surface area contributed by atoms with Crippen molar-refractivity contribution < 1.29 is 17.9 Å². The number of anilines is 1. The second-order valence-corrected chi connectivity index (χ2v) is 9.71. The van der Waals surface area contributed by atoms with Crippen LogP contribution in [0, 0.1) is 0 Å². The van der Waals surface area contributed by atoms with Gasteiger partial charge in [-0.1, -0.05) is 11.6 Å². The highest BCUT2D eigenvalue weighted by Gasteiger charge is 2.27. The number of methoxy groups -OCH3 is 1. The van der Waals surface area contributed by atoms with E-state index in [9.17, 15) is 13.2 Å². The number of likely N-dealkylation sites (tertiary alicyclic amines) is 1. The minimum absolute atomic E-state index is 0.0742. The van der Waals surface area contributed by atoms with E-state index in [4.69, 9.17) is 16.3 Å². The summed E-state index contributed by atoms with van der Waals surface area (Å²) in [6.07, 6.45) is 3.29. The van der Waals surface area contributed by atoms with Crippen LogP contribution in [0.3, 0.4) is 0 Å². The van der Waals surface area contributed by atoms with Crippen LogP contribution in [0.4, 0.5) is 5.69 Å². The van der Waals surface area contributed by atoms with Crippen molar-refractivity contribution in [3.8, 4) is 5.75 Å². The lowest BCUT2D eigenvalue weighted by Gasteiger charge is -2.24. The van der Waals surface area contributed by atoms with Crippen LogP contribution in [0.1, 0.15) is 19.3 Å². The van der Waals surface area contributed by atoms with Crippen LogP contribution in [0.25, 0.3) is 0 Å². The Morgan fingerprint density at radius 3 is 2.35 bits per heavy atom. The van der Waals surface area contributed by atoms with Crippen molar-refractivity contribution in [3.63, 3.8) is 0 Å². The summed E-state index contributed by atoms with van der Waals surface area (Å²) in [4.78, 5) is 15.0. The smallest absolute Gasteiger partial charge is 0.264 e. The maximum atomic E-state index is 13.3. The molecule has 1 saturated heterocycles. The molecule has 2 aromatic carbocycles. The lowest BCUT2D eigenvalue weighted by Crippen LogP contribution is -2.41. The van der Waals surface area contributed by atoms with Gasteiger partial charge in [-0.05, 0) is 87.4 Å². The number of sulfonamides is 1. The zero-order valence-corrected chi connectivity index (χ0v) is 19.2. The van der Waals surface area contributed by atoms with Crippen molar-refractivity contribution in [1.82, 2.24) is 10.2 Å². The number of amides is 1. The van der Waals surface area contributed by atoms with Gasteiger partial charge in [-0.2, -0.15) is 0 Å². The maximum Gasteiger partial charge on any atom is 0.264 e. The molecule has 2 aromatic rings. The summed E-state index contributed by atoms with van der Waals surface area (Å²) < 4.78 is 32.8. The molecule has 1 fully saturated rings. The number of rotatable bonds is 10. The van der Waals surface area contributed by atoms with E-state index < -0.39 is 10.0 Å². The number of halogens is 1. The molecule has 0 bridgehead atoms. The molecule has 31 heavy (non-hydrogen) atoms. The first-order chi connectivity index (χ1) is 14.9. The quantitative estimate of drug-likeness (QED) is 0.545. The maximum absolute atomic E-state index is 13.3. The van der Waals surface area contributed by atoms with Crippen LogP contribution in [0.2, 0.25) is 5.02 Å². The molecule has 168 valence electrons. The molecule has 3 rings (SSSR count). The molecule has 7 nitrogen and oxygen atoms in total. The molecule has 1 aliphatic heterocycles. The first kappa shape index (κ1) is 23.4. The average molecular weight is 466 g/mol. The van der Waals surface area contributed by atoms with Gasteiger partial charge in [-0.3, -0.25) is 9.10 Å². The molecular formula is C22H28ClN3O4S. The first-order valence-electron chi connectivity index (χ1n) is 10.3. The van der Waals surface area contributed by atoms with Gasteiger partial charge in [0, 0.05) is 11.6 Å². The van der Waals surface area contributed by atoms with E-state index in [0.29, 0.717) is 23.0 Å². The van der Waals surface area contributed by atoms with Gasteiger partial charge in [-0.15, -0.1) is 0 Å². The van der Waals surface area contributed by atoms with Gasteiger partial charge in [0.05, 0.1) is 17.7 Å². The van der Waals surface area contributed by atoms with Crippen LogP contribution in [-0.4, -0.2) is 59.1 Å². The Bertz CT molecular complexity index is 959. The minimum Gasteiger partial charge on any atom is -0.497 e. The molecule has 0 aliphatic carbocycles. The van der Waals surface area contributed by atoms with Crippen molar-refractivity contribution in [1.29, 1.82) is 0 Å². The molecule has 0 saturated carbocycles. The van der Waals surface area contributed by atoms with E-state index in [1.54, 1.807) is 36.4 Å². The third kappa shape index (κ3) is 6.35. The molecule has 0 radical (unpaired) electrons. The SMILES string of the molecule is COc1ccc(S(=O)(=O)N(CC(=O)NCCCN2CCCC2)c2ccc(Cl)cc2)cc1. The number of hydrogen-bond donors (Lipinski definition) is 1. The van der Waals surface area contributed by atoms with Gasteiger partial charge in [0.25, 0.3) is 10.0 Å². The van der Waals surface area contributed by atoms with Gasteiger partial charge in [0.15, 0.2) is 0 Å². The summed E-state index contributed by atoms with van der Waals surface area (Å²) in [6, 6.07) is 12.4. The van der Waals surface area contributed by atoms with Crippen molar-refractivity contribution in [3.05, 3.63) is 53.6 Å². The highest BCUT2D eigenvalue weighted by Crippen LogP contribution is 2.26. The van der Waals surface area contributed by atoms with Crippen LogP contribution < -0.4 is 14.4 Å². The van der Waals surface area contributed by atoms with Gasteiger partial charge < -0.3 is 15.0 Å². The fraction of sp³-hybridized carbons (Fsp3) is 0.409. The van der Waals surface area contributed by atoms with E-state index >= 15 is 0 Å². The average Bonchev–Trinajstić information content (AvgIpc) is 3.29. The van der Waals surface area contributed by atoms with Gasteiger partial charge in [0.2, 0.25) is 5.91 Å². The topological polar surface area (TPSA) is 79.0 Å². The lowest BCUT2D eigenvalue weighted by molar-refractivity contribution is -0.119. The third-order valence-corrected chi connectivity index (χ3v) is 7.26. The lowest BCUT2D eigenvalue weighted by atomic mass is 10.3. The van der Waals surface area contributed by atoms with Crippen molar-refractivity contribution in [2.45, 2.75) is 24.2 Å². The number of ether oxygens (including phenoxy) is 1. The van der Waals surface area contributed by atoms with Crippen molar-refractivity contribution >= 4 is 33.2 Å². The summed E-state index contributed by atoms with van der Waals surface area (Å²) in [5.74, 6) is 0.196. The van der Waals surface area contributed by atoms with E-state index in [1.165, 1.54) is 32.1 Å². The summed E-state index contributed by atoms with van der Waals surface area (Å²) in [5.41, 5.74) is 0.368. The van der Waals surface area contributed by atoms with Crippen LogP contribution in [-0.2, 0) is 14.8 Å². The molecule has 0 spiro atoms. The summed E-state index contributed by atoms with van der Waals surface area (Å²) in [5, 5.41) is 3.33. The number of benzene rings is 2. The standard InChI is InChI=1S/C22H28ClN3O4S/c1-30-20-9-11-21(12-10-20)31(28,29)26(19-7-5-18(23)6-8-19)17-22(27)24-13-4-16-25-14-2-3-15-25/h5-12H,2-4,13-17H2,1H3,(H,24,27). The largest absolute Gasteiger partial charge is 0.497 e. The van der Waals surface area contributed by atoms with Gasteiger partial charge in [0.1, 0.15) is 12.3 Å². The van der Waals surface area contributed by atoms with Gasteiger partial charge >= 0.3 is 0 Å². The number of hydrogen-bond acceptors (Lipinski definition) is 5. The van der Waals surface area contributed by atoms with Crippen LogP contribution in [0.5, 0.6) is 5.75 Å². The number of carbonyl (C=O) groups is 1. The molecule has 0 unspecified atom stereocenters. The van der Waals surface area contributed by atoms with E-state index in [-0.39, 0.29) is 17.3 Å². The zero-order valence-electron chi connectivity index (χ0n) is 17.6. The van der Waals surface area contributed by atoms with Crippen molar-refractivity contribution in [2.24, 2.45) is 0 Å². The third-order valence-electron chi connectivity index (χ3n) is 5.22. The highest BCUT2D eigenvalue weighted by atomic mass is 35.5. The second kappa shape index (κ2) is 10.8. The fourth-order valence-corrected chi connectivity index (χ4v) is 5.07. The molecule has 1 N–H and O–H groups in total. The predicted molar refractivity (Wildman–Crippen MR) is 122 cm³/mol. The van der Waals surface area contributed by atoms with E-state index in [2.05, 4.69) is 10.2 Å². The Kier molecular flexibility index (Phi) is 8.17. The molecule has 1 heterocycles. The molecule has 0 atom stereocenters. The van der Waals surface area contributed by atoms with Crippen LogP contribution in [0.15, 0.2) is 53.4 Å². The Morgan fingerprint density at radius 2 is 1.74 bits per heavy atom. The Balaban J connectivity index is 1.71. The molecule has 1 aliphatic rings. The molecule has 1 amide bonds. The highest BCUT2D eigenvalue weighted by molar-refractivity contribution is 7.92. The summed E-state index contributed by atoms with van der Waals surface area (Å²) in [6.45, 7) is 3.34. The van der Waals surface area contributed by atoms with Crippen molar-refractivity contribution in [2.75, 3.05) is 44.1 Å². The van der Waals surface area contributed by atoms with E-state index in [0.717, 1.165) is 30.4 Å². The Morgan fingerprint density at radius 1 is 1.10 bits per heavy atom. The molecular weight excluding hydrogens is 438 g/mol. The fourth-order valence-electron chi connectivity index (χ4n) is 3.52. The normalized spacial score (nSPS) is 14.4. The predicted octanol–water partition coefficient (Wildman–Crippen LogP) is 3.15. The zero-order chi connectivity index (χ0) is 22.3. The van der Waals surface area contributed by atoms with E-state index in [1.807, 2.05) is 0 Å². The molecule has 9 heteroatoms. The number of carbonyl (C=O) groups excluding carboxylic acids is 1.